The van der Waals surface area contributed by atoms with Crippen LogP contribution in [0.5, 0.6) is 0 Å². The van der Waals surface area contributed by atoms with Gasteiger partial charge in [-0.15, -0.1) is 0 Å². The summed E-state index contributed by atoms with van der Waals surface area (Å²) >= 11 is 5.51. The number of nitrogens with zero attached hydrogens (tertiary/aromatic N) is 5. The third kappa shape index (κ3) is 7.30. The van der Waals surface area contributed by atoms with Crippen molar-refractivity contribution < 1.29 is 32.8 Å². The Balaban J connectivity index is 0.000000125. The Hall–Kier alpha value is -6.70. The molecule has 14 heteroatoms. The third-order valence-corrected chi connectivity index (χ3v) is 9.34. The van der Waals surface area contributed by atoms with Gasteiger partial charge in [0.1, 0.15) is 16.6 Å². The van der Waals surface area contributed by atoms with Crippen molar-refractivity contribution in [1.82, 2.24) is 20.4 Å². The molecule has 2 N–H and O–H groups in total. The van der Waals surface area contributed by atoms with E-state index in [2.05, 4.69) is 15.0 Å². The summed E-state index contributed by atoms with van der Waals surface area (Å²) in [6.07, 6.45) is 0. The average molecular weight is 757 g/mol. The lowest BCUT2D eigenvalue weighted by Gasteiger charge is -2.11. The van der Waals surface area contributed by atoms with Gasteiger partial charge in [0, 0.05) is 31.7 Å². The number of carbonyl (C=O) groups is 2. The number of aromatic nitrogens is 3. The minimum absolute atomic E-state index is 0.196. The molecule has 2 aliphatic rings. The zero-order chi connectivity index (χ0) is 37.9. The molecule has 276 valence electrons. The van der Waals surface area contributed by atoms with E-state index >= 15 is 0 Å². The van der Waals surface area contributed by atoms with Gasteiger partial charge in [-0.3, -0.25) is 10.0 Å². The number of amides is 1. The number of benzene rings is 5. The molecular formula is C41H33ClN6O7. The summed E-state index contributed by atoms with van der Waals surface area (Å²) < 4.78 is 21.8. The molecule has 0 saturated heterocycles. The summed E-state index contributed by atoms with van der Waals surface area (Å²) in [7, 11) is 0. The van der Waals surface area contributed by atoms with Gasteiger partial charge in [-0.05, 0) is 89.3 Å². The van der Waals surface area contributed by atoms with Gasteiger partial charge in [-0.1, -0.05) is 60.7 Å². The number of oxazole rings is 3. The van der Waals surface area contributed by atoms with Crippen molar-refractivity contribution >= 4 is 68.8 Å². The van der Waals surface area contributed by atoms with Gasteiger partial charge in [0.05, 0.1) is 12.2 Å². The van der Waals surface area contributed by atoms with Crippen LogP contribution in [0.15, 0.2) is 122 Å². The molecule has 3 aromatic heterocycles. The van der Waals surface area contributed by atoms with Gasteiger partial charge < -0.3 is 27.8 Å². The van der Waals surface area contributed by atoms with Crippen molar-refractivity contribution in [2.75, 3.05) is 16.4 Å². The Morgan fingerprint density at radius 1 is 0.655 bits per heavy atom. The molecule has 13 nitrogen and oxygen atoms in total. The molecule has 10 rings (SSSR count). The quantitative estimate of drug-likeness (QED) is 0.0981. The van der Waals surface area contributed by atoms with Crippen LogP contribution in [-0.4, -0.2) is 38.6 Å². The van der Waals surface area contributed by atoms with E-state index in [9.17, 15) is 9.59 Å². The van der Waals surface area contributed by atoms with Gasteiger partial charge in [0.15, 0.2) is 16.7 Å². The van der Waals surface area contributed by atoms with Crippen molar-refractivity contribution in [3.05, 3.63) is 148 Å². The van der Waals surface area contributed by atoms with Gasteiger partial charge >= 0.3 is 5.97 Å². The van der Waals surface area contributed by atoms with Crippen LogP contribution < -0.4 is 15.3 Å². The monoisotopic (exact) mass is 756 g/mol. The maximum absolute atomic E-state index is 12.1. The Kier molecular flexibility index (Phi) is 9.86. The van der Waals surface area contributed by atoms with Crippen molar-refractivity contribution in [2.45, 2.75) is 33.1 Å². The molecule has 5 heterocycles. The molecule has 0 fully saturated rings. The minimum Gasteiger partial charge on any atom is -0.462 e. The minimum atomic E-state index is -0.503. The van der Waals surface area contributed by atoms with Crippen LogP contribution in [0.1, 0.15) is 49.9 Å². The number of nitrogens with one attached hydrogen (secondary N) is 1. The number of para-hydroxylation sites is 6. The van der Waals surface area contributed by atoms with Gasteiger partial charge in [-0.25, -0.2) is 10.3 Å². The molecular weight excluding hydrogens is 724 g/mol. The second-order valence-electron chi connectivity index (χ2n) is 12.6. The van der Waals surface area contributed by atoms with E-state index in [-0.39, 0.29) is 11.3 Å². The molecule has 55 heavy (non-hydrogen) atoms. The average Bonchev–Trinajstić information content (AvgIpc) is 4.05. The summed E-state index contributed by atoms with van der Waals surface area (Å²) in [4.78, 5) is 40.8. The first-order valence-electron chi connectivity index (χ1n) is 17.4. The maximum Gasteiger partial charge on any atom is 0.338 e. The normalized spacial score (nSPS) is 12.9. The number of carbonyl (C=O) groups excluding carboxylic acids is 2. The van der Waals surface area contributed by atoms with E-state index in [0.29, 0.717) is 55.9 Å². The van der Waals surface area contributed by atoms with Crippen LogP contribution in [0.4, 0.5) is 12.0 Å². The number of rotatable bonds is 5. The highest BCUT2D eigenvalue weighted by Gasteiger charge is 2.28. The van der Waals surface area contributed by atoms with Crippen LogP contribution in [0, 0.1) is 0 Å². The molecule has 1 amide bonds. The highest BCUT2D eigenvalue weighted by atomic mass is 35.5. The zero-order valence-electron chi connectivity index (χ0n) is 29.4. The number of halogens is 1. The number of hydroxylamine groups is 1. The lowest BCUT2D eigenvalue weighted by atomic mass is 10.0. The first-order chi connectivity index (χ1) is 26.9. The highest BCUT2D eigenvalue weighted by molar-refractivity contribution is 6.28. The summed E-state index contributed by atoms with van der Waals surface area (Å²) in [6.45, 7) is 4.59. The Morgan fingerprint density at radius 2 is 1.13 bits per heavy atom. The molecule has 0 bridgehead atoms. The van der Waals surface area contributed by atoms with E-state index in [0.717, 1.165) is 55.6 Å². The topological polar surface area (TPSA) is 160 Å². The van der Waals surface area contributed by atoms with Crippen molar-refractivity contribution in [3.63, 3.8) is 0 Å². The number of esters is 1. The zero-order valence-corrected chi connectivity index (χ0v) is 30.2. The number of anilines is 2. The molecule has 8 aromatic rings. The lowest BCUT2D eigenvalue weighted by molar-refractivity contribution is 0.0525. The van der Waals surface area contributed by atoms with Gasteiger partial charge in [0.25, 0.3) is 23.3 Å². The van der Waals surface area contributed by atoms with Crippen molar-refractivity contribution in [2.24, 2.45) is 0 Å². The van der Waals surface area contributed by atoms with Crippen molar-refractivity contribution in [3.8, 4) is 0 Å². The Labute approximate surface area is 318 Å². The second-order valence-corrected chi connectivity index (χ2v) is 12.9. The number of fused-ring (bicyclic) bond motifs is 5. The smallest absolute Gasteiger partial charge is 0.338 e. The third-order valence-electron chi connectivity index (χ3n) is 9.18. The molecule has 0 radical (unpaired) electrons. The first-order valence-corrected chi connectivity index (χ1v) is 17.8. The number of hydrogen-bond donors (Lipinski definition) is 2. The fourth-order valence-electron chi connectivity index (χ4n) is 6.62. The van der Waals surface area contributed by atoms with Crippen LogP contribution in [-0.2, 0) is 30.9 Å². The fourth-order valence-corrected chi connectivity index (χ4v) is 6.80. The fraction of sp³-hybridized carbons (Fsp3) is 0.146. The Morgan fingerprint density at radius 3 is 1.62 bits per heavy atom. The van der Waals surface area contributed by atoms with E-state index in [1.54, 1.807) is 17.6 Å². The molecule has 2 aliphatic heterocycles. The molecule has 0 saturated carbocycles. The summed E-state index contributed by atoms with van der Waals surface area (Å²) in [6, 6.07) is 35.0. The second kappa shape index (κ2) is 15.3. The number of hydrogen-bond acceptors (Lipinski definition) is 12. The molecule has 0 unspecified atom stereocenters. The maximum atomic E-state index is 12.1. The van der Waals surface area contributed by atoms with Crippen LogP contribution in [0.25, 0.3) is 33.3 Å². The lowest BCUT2D eigenvalue weighted by Crippen LogP contribution is -2.21. The van der Waals surface area contributed by atoms with Crippen LogP contribution in [0.2, 0.25) is 5.35 Å². The highest BCUT2D eigenvalue weighted by Crippen LogP contribution is 2.33. The standard InChI is InChI=1S/C18H16N2O3.C16H13N3O3.C7H4ClNO/c1-2-22-17(21)13-7-5-6-12-10-20(11-14(12)13)18-19-15-8-3-4-9-16(15)23-18;20-15(18-21)11-5-3-4-10-8-19(9-12(10)11)16-17-13-6-1-2-7-14(13)22-16;8-7-9-5-3-1-2-4-6(5)10-7/h3-9H,2,10-11H2,1H3;1-7,21H,8-9H2,(H,18,20);1-4H. The predicted molar refractivity (Wildman–Crippen MR) is 205 cm³/mol. The summed E-state index contributed by atoms with van der Waals surface area (Å²) in [5, 5.41) is 9.05. The number of ether oxygens (including phenoxy) is 1. The first kappa shape index (κ1) is 35.3. The largest absolute Gasteiger partial charge is 0.462 e. The van der Waals surface area contributed by atoms with Gasteiger partial charge in [-0.2, -0.15) is 15.0 Å². The van der Waals surface area contributed by atoms with Crippen LogP contribution in [0.3, 0.4) is 0 Å². The van der Waals surface area contributed by atoms with Crippen LogP contribution >= 0.6 is 11.6 Å². The molecule has 5 aromatic carbocycles. The summed E-state index contributed by atoms with van der Waals surface area (Å²) in [5.41, 5.74) is 11.5. The summed E-state index contributed by atoms with van der Waals surface area (Å²) in [5.74, 6) is -0.778. The van der Waals surface area contributed by atoms with Crippen molar-refractivity contribution in [1.29, 1.82) is 0 Å². The van der Waals surface area contributed by atoms with E-state index < -0.39 is 5.91 Å². The Bertz CT molecular complexity index is 2570. The molecule has 0 atom stereocenters. The molecule has 0 spiro atoms. The van der Waals surface area contributed by atoms with E-state index in [4.69, 9.17) is 34.8 Å². The van der Waals surface area contributed by atoms with E-state index in [1.807, 2.05) is 114 Å². The van der Waals surface area contributed by atoms with Gasteiger partial charge in [0.2, 0.25) is 0 Å². The SMILES string of the molecule is CCOC(=O)c1cccc2c1CN(c1nc3ccccc3o1)C2.Clc1nc2ccccc2o1.O=C(NO)c1cccc2c1CN(c1nc3ccccc3o1)C2. The predicted octanol–water partition coefficient (Wildman–Crippen LogP) is 8.47. The van der Waals surface area contributed by atoms with E-state index in [1.165, 1.54) is 0 Å². The molecule has 0 aliphatic carbocycles.